The van der Waals surface area contributed by atoms with E-state index in [0.717, 1.165) is 0 Å². The molecule has 0 atom stereocenters. The highest BCUT2D eigenvalue weighted by Crippen LogP contribution is 2.26. The van der Waals surface area contributed by atoms with Crippen LogP contribution in [-0.4, -0.2) is 17.5 Å². The Labute approximate surface area is 131 Å². The van der Waals surface area contributed by atoms with E-state index in [4.69, 9.17) is 28.9 Å². The molecule has 0 fully saturated rings. The van der Waals surface area contributed by atoms with Gasteiger partial charge in [0.2, 0.25) is 0 Å². The molecular weight excluding hydrogens is 314 g/mol. The fourth-order valence-corrected chi connectivity index (χ4v) is 1.96. The molecule has 2 aromatic rings. The van der Waals surface area contributed by atoms with Crippen LogP contribution in [0.3, 0.4) is 0 Å². The average molecular weight is 325 g/mol. The molecule has 0 amide bonds. The van der Waals surface area contributed by atoms with Gasteiger partial charge in [0.15, 0.2) is 5.78 Å². The number of halogens is 3. The predicted octanol–water partition coefficient (Wildman–Crippen LogP) is 3.94. The second-order valence-corrected chi connectivity index (χ2v) is 4.94. The zero-order valence-electron chi connectivity index (χ0n) is 10.8. The van der Waals surface area contributed by atoms with E-state index in [-0.39, 0.29) is 23.1 Å². The minimum absolute atomic E-state index is 0.0484. The van der Waals surface area contributed by atoms with Crippen LogP contribution in [0, 0.1) is 5.82 Å². The Hall–Kier alpha value is -1.91. The van der Waals surface area contributed by atoms with Crippen LogP contribution < -0.4 is 5.73 Å². The van der Waals surface area contributed by atoms with E-state index in [9.17, 15) is 9.18 Å². The van der Waals surface area contributed by atoms with Gasteiger partial charge in [0, 0.05) is 16.1 Å². The molecule has 108 valence electrons. The first kappa shape index (κ1) is 15.5. The van der Waals surface area contributed by atoms with Crippen molar-refractivity contribution in [2.24, 2.45) is 10.7 Å². The van der Waals surface area contributed by atoms with Crippen LogP contribution in [-0.2, 0) is 0 Å². The molecule has 2 aromatic carbocycles. The maximum atomic E-state index is 12.9. The van der Waals surface area contributed by atoms with Gasteiger partial charge in [-0.2, -0.15) is 0 Å². The van der Waals surface area contributed by atoms with Crippen LogP contribution in [0.5, 0.6) is 0 Å². The van der Waals surface area contributed by atoms with Crippen LogP contribution in [0.25, 0.3) is 0 Å². The van der Waals surface area contributed by atoms with Crippen molar-refractivity contribution in [1.29, 1.82) is 0 Å². The molecule has 0 saturated heterocycles. The molecule has 21 heavy (non-hydrogen) atoms. The zero-order valence-corrected chi connectivity index (χ0v) is 12.3. The minimum atomic E-state index is -0.415. The number of carbonyl (C=O) groups excluding carboxylic acids is 1. The average Bonchev–Trinajstić information content (AvgIpc) is 2.49. The molecule has 0 aliphatic rings. The molecule has 6 heteroatoms. The van der Waals surface area contributed by atoms with Crippen molar-refractivity contribution in [3.8, 4) is 0 Å². The van der Waals surface area contributed by atoms with Crippen LogP contribution >= 0.6 is 23.2 Å². The number of benzene rings is 2. The molecule has 0 aromatic heterocycles. The fraction of sp³-hybridized carbons (Fsp3) is 0.0667. The second-order valence-electron chi connectivity index (χ2n) is 4.23. The van der Waals surface area contributed by atoms with Crippen molar-refractivity contribution in [3.63, 3.8) is 0 Å². The Morgan fingerprint density at radius 2 is 1.86 bits per heavy atom. The molecular formula is C15H11Cl2FN2O. The number of rotatable bonds is 4. The second kappa shape index (κ2) is 6.70. The third-order valence-electron chi connectivity index (χ3n) is 2.71. The summed E-state index contributed by atoms with van der Waals surface area (Å²) < 4.78 is 12.9. The summed E-state index contributed by atoms with van der Waals surface area (Å²) >= 11 is 11.5. The third-order valence-corrected chi connectivity index (χ3v) is 3.22. The van der Waals surface area contributed by atoms with Crippen LogP contribution in [0.15, 0.2) is 47.5 Å². The molecule has 0 saturated carbocycles. The normalized spacial score (nSPS) is 11.5. The number of ketones is 1. The van der Waals surface area contributed by atoms with Gasteiger partial charge < -0.3 is 5.73 Å². The SMILES string of the molecule is NC(CCl)=Nc1ccc(Cl)cc1C(=O)c1ccc(F)cc1. The molecule has 0 spiro atoms. The minimum Gasteiger partial charge on any atom is -0.386 e. The molecule has 0 aliphatic carbocycles. The summed E-state index contributed by atoms with van der Waals surface area (Å²) in [6.07, 6.45) is 0. The van der Waals surface area contributed by atoms with Crippen LogP contribution in [0.1, 0.15) is 15.9 Å². The molecule has 2 N–H and O–H groups in total. The van der Waals surface area contributed by atoms with E-state index < -0.39 is 5.82 Å². The van der Waals surface area contributed by atoms with E-state index in [1.807, 2.05) is 0 Å². The quantitative estimate of drug-likeness (QED) is 0.401. The van der Waals surface area contributed by atoms with E-state index in [0.29, 0.717) is 16.3 Å². The molecule has 0 aliphatic heterocycles. The summed E-state index contributed by atoms with van der Waals surface area (Å²) in [5.41, 5.74) is 6.58. The largest absolute Gasteiger partial charge is 0.386 e. The monoisotopic (exact) mass is 324 g/mol. The maximum Gasteiger partial charge on any atom is 0.195 e. The van der Waals surface area contributed by atoms with Crippen molar-refractivity contribution in [3.05, 3.63) is 64.4 Å². The van der Waals surface area contributed by atoms with Gasteiger partial charge in [-0.05, 0) is 42.5 Å². The predicted molar refractivity (Wildman–Crippen MR) is 83.3 cm³/mol. The summed E-state index contributed by atoms with van der Waals surface area (Å²) in [4.78, 5) is 16.6. The number of nitrogens with zero attached hydrogens (tertiary/aromatic N) is 1. The topological polar surface area (TPSA) is 55.4 Å². The lowest BCUT2D eigenvalue weighted by molar-refractivity contribution is 0.103. The Morgan fingerprint density at radius 3 is 2.48 bits per heavy atom. The Balaban J connectivity index is 2.49. The highest BCUT2D eigenvalue weighted by molar-refractivity contribution is 6.31. The number of nitrogens with two attached hydrogens (primary N) is 1. The smallest absolute Gasteiger partial charge is 0.195 e. The molecule has 0 radical (unpaired) electrons. The van der Waals surface area contributed by atoms with Gasteiger partial charge in [-0.15, -0.1) is 11.6 Å². The summed E-state index contributed by atoms with van der Waals surface area (Å²) in [5, 5.41) is 0.392. The lowest BCUT2D eigenvalue weighted by atomic mass is 10.0. The van der Waals surface area contributed by atoms with Gasteiger partial charge in [-0.1, -0.05) is 11.6 Å². The Bertz CT molecular complexity index is 699. The molecule has 0 bridgehead atoms. The van der Waals surface area contributed by atoms with E-state index in [1.165, 1.54) is 30.3 Å². The van der Waals surface area contributed by atoms with Gasteiger partial charge in [-0.25, -0.2) is 9.38 Å². The van der Waals surface area contributed by atoms with Crippen molar-refractivity contribution < 1.29 is 9.18 Å². The highest BCUT2D eigenvalue weighted by Gasteiger charge is 2.14. The number of alkyl halides is 1. The number of hydrogen-bond acceptors (Lipinski definition) is 2. The van der Waals surface area contributed by atoms with Crippen LogP contribution in [0.4, 0.5) is 10.1 Å². The van der Waals surface area contributed by atoms with Gasteiger partial charge in [0.1, 0.15) is 11.7 Å². The summed E-state index contributed by atoms with van der Waals surface area (Å²) in [6, 6.07) is 9.91. The van der Waals surface area contributed by atoms with Gasteiger partial charge in [0.05, 0.1) is 11.6 Å². The van der Waals surface area contributed by atoms with E-state index in [2.05, 4.69) is 4.99 Å². The standard InChI is InChI=1S/C15H11Cl2FN2O/c16-8-14(19)20-13-6-3-10(17)7-12(13)15(21)9-1-4-11(18)5-2-9/h1-7H,8H2,(H2,19,20). The maximum absolute atomic E-state index is 12.9. The van der Waals surface area contributed by atoms with Crippen LogP contribution in [0.2, 0.25) is 5.02 Å². The highest BCUT2D eigenvalue weighted by atomic mass is 35.5. The van der Waals surface area contributed by atoms with E-state index >= 15 is 0 Å². The van der Waals surface area contributed by atoms with E-state index in [1.54, 1.807) is 12.1 Å². The summed E-state index contributed by atoms with van der Waals surface area (Å²) in [6.45, 7) is 0. The molecule has 0 unspecified atom stereocenters. The number of carbonyl (C=O) groups is 1. The van der Waals surface area contributed by atoms with Crippen molar-refractivity contribution in [2.75, 3.05) is 5.88 Å². The lowest BCUT2D eigenvalue weighted by Gasteiger charge is -2.07. The first-order valence-corrected chi connectivity index (χ1v) is 6.91. The molecule has 0 heterocycles. The van der Waals surface area contributed by atoms with Gasteiger partial charge in [-0.3, -0.25) is 4.79 Å². The van der Waals surface area contributed by atoms with Gasteiger partial charge in [0.25, 0.3) is 0 Å². The van der Waals surface area contributed by atoms with Gasteiger partial charge >= 0.3 is 0 Å². The van der Waals surface area contributed by atoms with Crippen molar-refractivity contribution >= 4 is 40.5 Å². The third kappa shape index (κ3) is 3.80. The first-order valence-electron chi connectivity index (χ1n) is 6.00. The molecule has 3 nitrogen and oxygen atoms in total. The zero-order chi connectivity index (χ0) is 15.4. The first-order chi connectivity index (χ1) is 10.0. The Kier molecular flexibility index (Phi) is 4.94. The summed E-state index contributed by atoms with van der Waals surface area (Å²) in [5.74, 6) is -0.500. The summed E-state index contributed by atoms with van der Waals surface area (Å²) in [7, 11) is 0. The Morgan fingerprint density at radius 1 is 1.19 bits per heavy atom. The lowest BCUT2D eigenvalue weighted by Crippen LogP contribution is -2.13. The number of amidine groups is 1. The number of aliphatic imine (C=N–C) groups is 1. The van der Waals surface area contributed by atoms with Crippen molar-refractivity contribution in [1.82, 2.24) is 0 Å². The fourth-order valence-electron chi connectivity index (χ4n) is 1.73. The number of hydrogen-bond donors (Lipinski definition) is 1. The molecule has 2 rings (SSSR count). The van der Waals surface area contributed by atoms with Crippen molar-refractivity contribution in [2.45, 2.75) is 0 Å².